The topological polar surface area (TPSA) is 76.2 Å². The summed E-state index contributed by atoms with van der Waals surface area (Å²) < 4.78 is 32.4. The van der Waals surface area contributed by atoms with Gasteiger partial charge in [0.15, 0.2) is 0 Å². The van der Waals surface area contributed by atoms with Crippen molar-refractivity contribution >= 4 is 17.4 Å². The smallest absolute Gasteiger partial charge is 0.322 e. The second kappa shape index (κ2) is 11.7. The molecule has 0 unspecified atom stereocenters. The molecule has 204 valence electrons. The van der Waals surface area contributed by atoms with Gasteiger partial charge in [-0.3, -0.25) is 0 Å². The van der Waals surface area contributed by atoms with E-state index in [4.69, 9.17) is 19.2 Å². The molecule has 2 amide bonds. The number of aromatic nitrogens is 1. The molecule has 8 nitrogen and oxygen atoms in total. The van der Waals surface area contributed by atoms with Crippen molar-refractivity contribution in [3.8, 4) is 17.0 Å². The Morgan fingerprint density at radius 3 is 2.53 bits per heavy atom. The van der Waals surface area contributed by atoms with Gasteiger partial charge in [0, 0.05) is 50.8 Å². The summed E-state index contributed by atoms with van der Waals surface area (Å²) in [7, 11) is 0. The Morgan fingerprint density at radius 2 is 1.82 bits per heavy atom. The molecule has 1 aromatic carbocycles. The molecule has 5 rings (SSSR count). The minimum atomic E-state index is -0.456. The molecular formula is C29H37FN4O4. The van der Waals surface area contributed by atoms with E-state index in [1.807, 2.05) is 6.92 Å². The van der Waals surface area contributed by atoms with Crippen molar-refractivity contribution in [1.29, 1.82) is 0 Å². The summed E-state index contributed by atoms with van der Waals surface area (Å²) in [5, 5.41) is 2.80. The van der Waals surface area contributed by atoms with Gasteiger partial charge >= 0.3 is 6.03 Å². The fourth-order valence-corrected chi connectivity index (χ4v) is 5.17. The molecule has 4 heterocycles. The van der Waals surface area contributed by atoms with E-state index in [1.54, 1.807) is 17.2 Å². The van der Waals surface area contributed by atoms with Crippen LogP contribution in [0.5, 0.6) is 5.88 Å². The first-order valence-electron chi connectivity index (χ1n) is 13.5. The molecule has 1 aromatic heterocycles. The lowest BCUT2D eigenvalue weighted by Gasteiger charge is -2.31. The summed E-state index contributed by atoms with van der Waals surface area (Å²) in [6.45, 7) is 11.3. The number of pyridine rings is 1. The number of nitrogens with zero attached hydrogens (tertiary/aromatic N) is 3. The number of urea groups is 1. The zero-order valence-electron chi connectivity index (χ0n) is 22.5. The molecule has 0 spiro atoms. The molecule has 0 atom stereocenters. The van der Waals surface area contributed by atoms with Gasteiger partial charge in [-0.2, -0.15) is 0 Å². The number of allylic oxidation sites excluding steroid dienone is 1. The maximum atomic E-state index is 15.0. The molecule has 0 aliphatic carbocycles. The summed E-state index contributed by atoms with van der Waals surface area (Å²) >= 11 is 0. The molecular weight excluding hydrogens is 487 g/mol. The molecule has 3 aliphatic heterocycles. The molecule has 0 radical (unpaired) electrons. The lowest BCUT2D eigenvalue weighted by Crippen LogP contribution is -2.37. The van der Waals surface area contributed by atoms with Crippen LogP contribution in [-0.2, 0) is 9.47 Å². The number of benzene rings is 1. The zero-order chi connectivity index (χ0) is 26.6. The molecule has 3 fully saturated rings. The largest absolute Gasteiger partial charge is 0.473 e. The van der Waals surface area contributed by atoms with Crippen LogP contribution in [0.1, 0.15) is 38.7 Å². The number of nitrogens with one attached hydrogen (secondary N) is 1. The van der Waals surface area contributed by atoms with Crippen molar-refractivity contribution in [3.63, 3.8) is 0 Å². The van der Waals surface area contributed by atoms with Gasteiger partial charge in [0.05, 0.1) is 32.1 Å². The van der Waals surface area contributed by atoms with Gasteiger partial charge in [0.1, 0.15) is 17.6 Å². The number of ether oxygens (including phenoxy) is 3. The molecule has 0 saturated carbocycles. The number of carbonyl (C=O) groups is 1. The van der Waals surface area contributed by atoms with Crippen LogP contribution in [0.2, 0.25) is 0 Å². The van der Waals surface area contributed by atoms with E-state index in [-0.39, 0.29) is 17.8 Å². The third-order valence-electron chi connectivity index (χ3n) is 7.56. The number of aryl methyl sites for hydroxylation is 1. The predicted octanol–water partition coefficient (Wildman–Crippen LogP) is 5.16. The second-order valence-electron chi connectivity index (χ2n) is 10.4. The number of anilines is 2. The number of hydrogen-bond donors (Lipinski definition) is 1. The summed E-state index contributed by atoms with van der Waals surface area (Å²) in [6, 6.07) is 4.94. The number of likely N-dealkylation sites (tertiary alicyclic amines) is 1. The van der Waals surface area contributed by atoms with Crippen molar-refractivity contribution in [2.75, 3.05) is 62.8 Å². The zero-order valence-corrected chi connectivity index (χ0v) is 22.5. The number of rotatable bonds is 5. The highest BCUT2D eigenvalue weighted by Gasteiger charge is 2.25. The SMILES string of the molecule is CC(C)=C1CCN(C(=O)Nc2cc(-c3cnc(OC4CCOCC4)c(N4CCOCC4)c3)c(C)cc2F)C1. The van der Waals surface area contributed by atoms with Crippen molar-refractivity contribution in [1.82, 2.24) is 9.88 Å². The highest BCUT2D eigenvalue weighted by molar-refractivity contribution is 5.91. The van der Waals surface area contributed by atoms with Crippen LogP contribution in [0.25, 0.3) is 11.1 Å². The van der Waals surface area contributed by atoms with Crippen LogP contribution in [0, 0.1) is 12.7 Å². The van der Waals surface area contributed by atoms with Crippen LogP contribution in [0.4, 0.5) is 20.6 Å². The van der Waals surface area contributed by atoms with Crippen LogP contribution in [-0.4, -0.2) is 74.6 Å². The standard InChI is InChI=1S/C29H37FN4O4/c1-19(2)21-4-7-34(18-21)29(35)32-26-16-24(20(3)14-25(26)30)22-15-27(33-8-12-37-13-9-33)28(31-17-22)38-23-5-10-36-11-6-23/h14-17,23H,4-13,18H2,1-3H3,(H,32,35). The summed E-state index contributed by atoms with van der Waals surface area (Å²) in [5.41, 5.74) is 5.97. The third-order valence-corrected chi connectivity index (χ3v) is 7.56. The summed E-state index contributed by atoms with van der Waals surface area (Å²) in [6.07, 6.45) is 4.35. The molecule has 2 aromatic rings. The Labute approximate surface area is 223 Å². The Morgan fingerprint density at radius 1 is 1.08 bits per heavy atom. The average Bonchev–Trinajstić information content (AvgIpc) is 3.43. The monoisotopic (exact) mass is 524 g/mol. The van der Waals surface area contributed by atoms with Gasteiger partial charge in [-0.1, -0.05) is 11.1 Å². The van der Waals surface area contributed by atoms with Gasteiger partial charge in [-0.05, 0) is 56.5 Å². The Balaban J connectivity index is 1.42. The summed E-state index contributed by atoms with van der Waals surface area (Å²) in [4.78, 5) is 21.6. The maximum absolute atomic E-state index is 15.0. The van der Waals surface area contributed by atoms with Gasteiger partial charge < -0.3 is 29.3 Å². The molecule has 38 heavy (non-hydrogen) atoms. The lowest BCUT2D eigenvalue weighted by atomic mass is 10.00. The lowest BCUT2D eigenvalue weighted by molar-refractivity contribution is 0.0238. The Bertz CT molecular complexity index is 1200. The molecule has 9 heteroatoms. The molecule has 3 aliphatic rings. The van der Waals surface area contributed by atoms with E-state index >= 15 is 0 Å². The Hall–Kier alpha value is -3.17. The highest BCUT2D eigenvalue weighted by atomic mass is 19.1. The molecule has 1 N–H and O–H groups in total. The van der Waals surface area contributed by atoms with Gasteiger partial charge in [-0.15, -0.1) is 0 Å². The van der Waals surface area contributed by atoms with E-state index in [2.05, 4.69) is 30.1 Å². The quantitative estimate of drug-likeness (QED) is 0.545. The van der Waals surface area contributed by atoms with Crippen LogP contribution in [0.3, 0.4) is 0 Å². The average molecular weight is 525 g/mol. The van der Waals surface area contributed by atoms with Crippen molar-refractivity contribution in [3.05, 3.63) is 46.9 Å². The number of hydrogen-bond acceptors (Lipinski definition) is 6. The van der Waals surface area contributed by atoms with Crippen LogP contribution in [0.15, 0.2) is 35.5 Å². The first kappa shape index (κ1) is 26.4. The number of carbonyl (C=O) groups excluding carboxylic acids is 1. The first-order valence-corrected chi connectivity index (χ1v) is 13.5. The van der Waals surface area contributed by atoms with Crippen LogP contribution >= 0.6 is 0 Å². The third kappa shape index (κ3) is 5.94. The van der Waals surface area contributed by atoms with Crippen molar-refractivity contribution < 1.29 is 23.4 Å². The molecule has 0 bridgehead atoms. The van der Waals surface area contributed by atoms with Gasteiger partial charge in [0.25, 0.3) is 0 Å². The van der Waals surface area contributed by atoms with E-state index < -0.39 is 5.82 Å². The maximum Gasteiger partial charge on any atom is 0.322 e. The van der Waals surface area contributed by atoms with E-state index in [0.717, 1.165) is 54.7 Å². The van der Waals surface area contributed by atoms with E-state index in [0.29, 0.717) is 45.4 Å². The second-order valence-corrected chi connectivity index (χ2v) is 10.4. The first-order chi connectivity index (χ1) is 18.4. The Kier molecular flexibility index (Phi) is 8.14. The normalized spacial score (nSPS) is 18.6. The molecule has 3 saturated heterocycles. The van der Waals surface area contributed by atoms with E-state index in [9.17, 15) is 9.18 Å². The number of amides is 2. The van der Waals surface area contributed by atoms with Crippen LogP contribution < -0.4 is 15.0 Å². The fraction of sp³-hybridized carbons (Fsp3) is 0.517. The predicted molar refractivity (Wildman–Crippen MR) is 145 cm³/mol. The fourth-order valence-electron chi connectivity index (χ4n) is 5.17. The number of halogens is 1. The minimum Gasteiger partial charge on any atom is -0.473 e. The van der Waals surface area contributed by atoms with Gasteiger partial charge in [-0.25, -0.2) is 14.2 Å². The van der Waals surface area contributed by atoms with Gasteiger partial charge in [0.2, 0.25) is 5.88 Å². The van der Waals surface area contributed by atoms with Crippen molar-refractivity contribution in [2.45, 2.75) is 46.1 Å². The summed E-state index contributed by atoms with van der Waals surface area (Å²) in [5.74, 6) is 0.141. The van der Waals surface area contributed by atoms with Crippen molar-refractivity contribution in [2.24, 2.45) is 0 Å². The van der Waals surface area contributed by atoms with E-state index in [1.165, 1.54) is 17.2 Å². The highest BCUT2D eigenvalue weighted by Crippen LogP contribution is 2.36. The number of morpholine rings is 1. The minimum absolute atomic E-state index is 0.0636.